The van der Waals surface area contributed by atoms with Crippen molar-refractivity contribution in [2.24, 2.45) is 11.3 Å². The molecule has 23 aromatic rings. The highest BCUT2D eigenvalue weighted by Crippen LogP contribution is 2.41. The summed E-state index contributed by atoms with van der Waals surface area (Å²) in [5, 5.41) is 55.5. The number of nitrogen functional groups attached to an aromatic ring is 1. The Morgan fingerprint density at radius 2 is 0.725 bits per heavy atom. The van der Waals surface area contributed by atoms with E-state index >= 15 is 0 Å². The zero-order valence-electron chi connectivity index (χ0n) is 70.3. The zero-order valence-corrected chi connectivity index (χ0v) is 72.8. The van der Waals surface area contributed by atoms with Gasteiger partial charge in [0, 0.05) is 135 Å². The number of benzene rings is 4. The van der Waals surface area contributed by atoms with Gasteiger partial charge in [0.1, 0.15) is 39.3 Å². The molecule has 1 aliphatic carbocycles. The molecule has 4 aromatic carbocycles. The van der Waals surface area contributed by atoms with Crippen LogP contribution in [0, 0.1) is 11.3 Å². The topological polar surface area (TPSA) is 446 Å². The third-order valence-electron chi connectivity index (χ3n) is 22.2. The molecule has 19 aromatic heterocycles. The van der Waals surface area contributed by atoms with Crippen LogP contribution in [0.4, 0.5) is 22.7 Å². The van der Waals surface area contributed by atoms with Crippen LogP contribution in [0.1, 0.15) is 53.4 Å². The van der Waals surface area contributed by atoms with E-state index in [1.807, 2.05) is 136 Å². The van der Waals surface area contributed by atoms with Crippen molar-refractivity contribution < 1.29 is 14.4 Å². The number of amides is 3. The van der Waals surface area contributed by atoms with Crippen LogP contribution in [0.2, 0.25) is 0 Å². The Morgan fingerprint density at radius 3 is 1.09 bits per heavy atom. The van der Waals surface area contributed by atoms with E-state index in [4.69, 9.17) is 20.7 Å². The number of rotatable bonds is 17. The van der Waals surface area contributed by atoms with Gasteiger partial charge in [0.05, 0.1) is 116 Å². The maximum Gasteiger partial charge on any atom is 0.227 e. The number of thiophene rings is 3. The van der Waals surface area contributed by atoms with Gasteiger partial charge in [0.25, 0.3) is 0 Å². The quantitative estimate of drug-likeness (QED) is 0.0403. The zero-order chi connectivity index (χ0) is 88.8. The Balaban J connectivity index is 0.000000106. The Morgan fingerprint density at radius 1 is 0.366 bits per heavy atom. The van der Waals surface area contributed by atoms with Gasteiger partial charge in [-0.25, -0.2) is 19.9 Å². The molecule has 0 atom stereocenters. The van der Waals surface area contributed by atoms with Gasteiger partial charge in [-0.1, -0.05) is 52.0 Å². The second-order valence-corrected chi connectivity index (χ2v) is 35.0. The number of carbonyl (C=O) groups is 3. The number of nitrogens with two attached hydrogens (primary N) is 1. The fraction of sp³-hybridized carbons (Fsp3) is 0.103. The van der Waals surface area contributed by atoms with Crippen molar-refractivity contribution in [1.29, 1.82) is 0 Å². The van der Waals surface area contributed by atoms with Gasteiger partial charge in [0.15, 0.2) is 23.3 Å². The molecule has 0 spiro atoms. The lowest BCUT2D eigenvalue weighted by Crippen LogP contribution is -2.19. The first-order chi connectivity index (χ1) is 64.0. The summed E-state index contributed by atoms with van der Waals surface area (Å²) in [6, 6.07) is 40.1. The van der Waals surface area contributed by atoms with Gasteiger partial charge in [-0.05, 0) is 187 Å². The summed E-state index contributed by atoms with van der Waals surface area (Å²) in [6.45, 7) is 7.94. The molecule has 1 fully saturated rings. The molecule has 1 aliphatic rings. The lowest BCUT2D eigenvalue weighted by Gasteiger charge is -2.17. The number of aromatic amines is 8. The highest BCUT2D eigenvalue weighted by Gasteiger charge is 2.30. The minimum absolute atomic E-state index is 0.0276. The van der Waals surface area contributed by atoms with Gasteiger partial charge < -0.3 is 41.6 Å². The first-order valence-electron chi connectivity index (χ1n) is 41.8. The summed E-state index contributed by atoms with van der Waals surface area (Å²) in [4.78, 5) is 103. The number of pyridine rings is 8. The summed E-state index contributed by atoms with van der Waals surface area (Å²) in [6.07, 6.45) is 30.9. The molecule has 0 bridgehead atoms. The number of nitrogens with one attached hydrogen (secondary N) is 11. The van der Waals surface area contributed by atoms with E-state index in [2.05, 4.69) is 186 Å². The van der Waals surface area contributed by atoms with Gasteiger partial charge in [-0.15, -0.1) is 0 Å². The standard InChI is InChI=1S/C28H25N7OS.C25H19N7OS.C22H17N7O.C22H15N7S/c1-28(2,3)10-24(36)31-19-8-18(11-29-12-19)16-4-5-22-20(9-16)26(35-34-22)27-32-23-14-30-13-21(25(23)33-27)17-6-7-37-15-17;1-2-22(33)28-17-7-16(9-26-10-17)14-3-4-20-18(8-14)24(32-31-20)25-29-21-12-27-11-19(23(21)30-25)15-5-6-34-13-15;30-22(12-1-2-12)25-15-7-14(9-24-10-15)13-3-4-17-16(8-13)20(29-28-17)21-26-18-5-6-23-11-19(18)27-21;23-15-5-14(7-24-8-15)12-1-2-18-16(6-12)21(29-28-18)22-26-19-10-25-9-17(20(19)27-22)13-3-4-30-11-13/h4-9,11-15H,10H2,1-3H3,(H,31,36)(H,32,33)(H,34,35);3-13H,2H2,1H3,(H,28,33)(H,29,30)(H,31,32);3-12H,1-2H2,(H,25,30)(H,26,27)(H,28,29);1-11H,23H2,(H,26,27)(H,28,29). The minimum atomic E-state index is -0.0883. The summed E-state index contributed by atoms with van der Waals surface area (Å²) < 4.78 is 0. The lowest BCUT2D eigenvalue weighted by molar-refractivity contribution is -0.118. The fourth-order valence-electron chi connectivity index (χ4n) is 15.6. The number of anilines is 4. The van der Waals surface area contributed by atoms with E-state index in [9.17, 15) is 14.4 Å². The summed E-state index contributed by atoms with van der Waals surface area (Å²) in [7, 11) is 0. The molecular weight excluding hydrogens is 1700 g/mol. The van der Waals surface area contributed by atoms with Crippen molar-refractivity contribution in [2.75, 3.05) is 21.7 Å². The molecule has 0 radical (unpaired) electrons. The summed E-state index contributed by atoms with van der Waals surface area (Å²) in [5.41, 5.74) is 35.9. The molecule has 31 nitrogen and oxygen atoms in total. The Kier molecular flexibility index (Phi) is 21.4. The highest BCUT2D eigenvalue weighted by molar-refractivity contribution is 7.08. The number of hydrogen-bond acceptors (Lipinski definition) is 23. The number of imidazole rings is 4. The maximum absolute atomic E-state index is 12.4. The molecule has 3 amide bonds. The predicted octanol–water partition coefficient (Wildman–Crippen LogP) is 21.1. The van der Waals surface area contributed by atoms with E-state index in [1.165, 1.54) is 0 Å². The number of fused-ring (bicyclic) bond motifs is 8. The molecular formula is C97H76N28O3S3. The molecule has 1 saturated carbocycles. The molecule has 0 aliphatic heterocycles. The van der Waals surface area contributed by atoms with E-state index < -0.39 is 0 Å². The monoisotopic (exact) mass is 1780 g/mol. The summed E-state index contributed by atoms with van der Waals surface area (Å²) >= 11 is 4.94. The van der Waals surface area contributed by atoms with Gasteiger partial charge in [0.2, 0.25) is 17.7 Å². The van der Waals surface area contributed by atoms with Crippen molar-refractivity contribution in [3.63, 3.8) is 0 Å². The average molecular weight is 1780 g/mol. The molecule has 13 N–H and O–H groups in total. The van der Waals surface area contributed by atoms with Crippen molar-refractivity contribution in [3.05, 3.63) is 253 Å². The van der Waals surface area contributed by atoms with E-state index in [0.29, 0.717) is 58.9 Å². The lowest BCUT2D eigenvalue weighted by atomic mass is 9.92. The second kappa shape index (κ2) is 34.5. The van der Waals surface area contributed by atoms with Gasteiger partial charge in [-0.2, -0.15) is 54.4 Å². The van der Waals surface area contributed by atoms with Crippen LogP contribution in [0.3, 0.4) is 0 Å². The van der Waals surface area contributed by atoms with Crippen LogP contribution in [0.25, 0.3) is 212 Å². The normalized spacial score (nSPS) is 12.1. The largest absolute Gasteiger partial charge is 0.397 e. The predicted molar refractivity (Wildman–Crippen MR) is 516 cm³/mol. The van der Waals surface area contributed by atoms with Crippen LogP contribution in [-0.4, -0.2) is 138 Å². The molecule has 24 rings (SSSR count). The number of nitrogens with zero attached hydrogens (tertiary/aromatic N) is 16. The van der Waals surface area contributed by atoms with Crippen LogP contribution in [-0.2, 0) is 14.4 Å². The van der Waals surface area contributed by atoms with E-state index in [-0.39, 0.29) is 29.1 Å². The Labute approximate surface area is 755 Å². The first-order valence-corrected chi connectivity index (χ1v) is 44.7. The van der Waals surface area contributed by atoms with Crippen molar-refractivity contribution in [1.82, 2.24) is 121 Å². The molecule has 0 saturated heterocycles. The third-order valence-corrected chi connectivity index (χ3v) is 24.3. The van der Waals surface area contributed by atoms with Gasteiger partial charge >= 0.3 is 0 Å². The average Bonchev–Trinajstić information content (AvgIpc) is 1.63. The first kappa shape index (κ1) is 81.2. The number of hydrogen-bond donors (Lipinski definition) is 12. The van der Waals surface area contributed by atoms with Crippen molar-refractivity contribution in [2.45, 2.75) is 53.4 Å². The van der Waals surface area contributed by atoms with Crippen LogP contribution in [0.5, 0.6) is 0 Å². The van der Waals surface area contributed by atoms with Crippen molar-refractivity contribution in [3.8, 4) is 124 Å². The molecule has 131 heavy (non-hydrogen) atoms. The van der Waals surface area contributed by atoms with Crippen LogP contribution in [0.15, 0.2) is 253 Å². The summed E-state index contributed by atoms with van der Waals surface area (Å²) in [5.74, 6) is 2.87. The second-order valence-electron chi connectivity index (χ2n) is 32.7. The van der Waals surface area contributed by atoms with E-state index in [1.54, 1.807) is 115 Å². The van der Waals surface area contributed by atoms with Crippen molar-refractivity contribution >= 4 is 162 Å². The smallest absolute Gasteiger partial charge is 0.227 e. The Hall–Kier alpha value is -16.9. The van der Waals surface area contributed by atoms with E-state index in [0.717, 1.165) is 201 Å². The SMILES string of the molecule is CC(C)(C)CC(=O)Nc1cncc(-c2ccc3[nH]nc(-c4nc5c(-c6ccsc6)cncc5[nH]4)c3c2)c1.CCC(=O)Nc1cncc(-c2ccc3[nH]nc(-c4nc5c(-c6ccsc6)cncc5[nH]4)c3c2)c1.Nc1cncc(-c2ccc3[nH]nc(-c4nc5c(-c6ccsc6)cncc5[nH]4)c3c2)c1.O=C(Nc1cncc(-c2ccc3[nH]nc(-c4nc5ccncc5[nH]4)c3c2)c1)C1CC1. The molecule has 34 heteroatoms. The number of carbonyl (C=O) groups excluding carboxylic acids is 3. The number of H-pyrrole nitrogens is 8. The fourth-order valence-corrected chi connectivity index (χ4v) is 17.6. The van der Waals surface area contributed by atoms with Crippen LogP contribution < -0.4 is 21.7 Å². The Bertz CT molecular complexity index is 8200. The molecule has 0 unspecified atom stereocenters. The molecule has 19 heterocycles. The highest BCUT2D eigenvalue weighted by atomic mass is 32.1. The third kappa shape index (κ3) is 17.0. The van der Waals surface area contributed by atoms with Gasteiger partial charge in [-0.3, -0.25) is 74.7 Å². The maximum atomic E-state index is 12.4. The molecule has 640 valence electrons. The minimum Gasteiger partial charge on any atom is -0.397 e. The van der Waals surface area contributed by atoms with Crippen LogP contribution >= 0.6 is 34.0 Å². The number of aromatic nitrogens is 24.